The van der Waals surface area contributed by atoms with Gasteiger partial charge in [0, 0.05) is 26.2 Å². The molecule has 0 aromatic heterocycles. The Balaban J connectivity index is 2.69. The second kappa shape index (κ2) is 7.18. The van der Waals surface area contributed by atoms with E-state index in [0.29, 0.717) is 19.4 Å². The number of hydrogen-bond donors (Lipinski definition) is 2. The monoisotopic (exact) mass is 294 g/mol. The van der Waals surface area contributed by atoms with Gasteiger partial charge in [-0.3, -0.25) is 4.79 Å². The molecule has 1 aliphatic heterocycles. The van der Waals surface area contributed by atoms with Gasteiger partial charge in [-0.2, -0.15) is 0 Å². The molecule has 0 bridgehead atoms. The maximum absolute atomic E-state index is 12.2. The summed E-state index contributed by atoms with van der Waals surface area (Å²) in [6.45, 7) is 0.611. The van der Waals surface area contributed by atoms with E-state index in [9.17, 15) is 13.2 Å². The SMILES string of the molecule is CS(=O)(=O)N1CCCC(C(=O)N(CCO)CCO)C1. The quantitative estimate of drug-likeness (QED) is 0.619. The molecule has 2 N–H and O–H groups in total. The first-order chi connectivity index (χ1) is 8.90. The number of rotatable bonds is 6. The van der Waals surface area contributed by atoms with E-state index in [0.717, 1.165) is 6.26 Å². The predicted octanol–water partition coefficient (Wildman–Crippen LogP) is -1.53. The molecule has 0 aromatic rings. The highest BCUT2D eigenvalue weighted by Gasteiger charge is 2.32. The van der Waals surface area contributed by atoms with Crippen LogP contribution in [0.2, 0.25) is 0 Å². The standard InChI is InChI=1S/C11H22N2O5S/c1-19(17,18)13-4-2-3-10(9-13)11(16)12(5-7-14)6-8-15/h10,14-15H,2-9H2,1H3. The molecule has 1 fully saturated rings. The van der Waals surface area contributed by atoms with Crippen LogP contribution in [0.3, 0.4) is 0 Å². The highest BCUT2D eigenvalue weighted by molar-refractivity contribution is 7.88. The van der Waals surface area contributed by atoms with E-state index >= 15 is 0 Å². The Hall–Kier alpha value is -0.700. The van der Waals surface area contributed by atoms with Gasteiger partial charge >= 0.3 is 0 Å². The van der Waals surface area contributed by atoms with Gasteiger partial charge in [-0.25, -0.2) is 12.7 Å². The first-order valence-corrected chi connectivity index (χ1v) is 8.20. The molecule has 7 nitrogen and oxygen atoms in total. The molecule has 0 aromatic carbocycles. The number of carbonyl (C=O) groups excluding carboxylic acids is 1. The molecule has 1 unspecified atom stereocenters. The lowest BCUT2D eigenvalue weighted by atomic mass is 9.98. The summed E-state index contributed by atoms with van der Waals surface area (Å²) < 4.78 is 24.3. The summed E-state index contributed by atoms with van der Waals surface area (Å²) in [5, 5.41) is 17.8. The number of hydrogen-bond acceptors (Lipinski definition) is 5. The van der Waals surface area contributed by atoms with Crippen molar-refractivity contribution in [2.75, 3.05) is 45.6 Å². The van der Waals surface area contributed by atoms with Crippen LogP contribution in [0, 0.1) is 5.92 Å². The average molecular weight is 294 g/mol. The molecule has 19 heavy (non-hydrogen) atoms. The average Bonchev–Trinajstić information content (AvgIpc) is 2.37. The van der Waals surface area contributed by atoms with Crippen molar-refractivity contribution in [3.05, 3.63) is 0 Å². The molecule has 0 aliphatic carbocycles. The van der Waals surface area contributed by atoms with Crippen LogP contribution >= 0.6 is 0 Å². The molecule has 1 atom stereocenters. The molecule has 1 heterocycles. The van der Waals surface area contributed by atoms with E-state index in [1.54, 1.807) is 0 Å². The van der Waals surface area contributed by atoms with E-state index < -0.39 is 10.0 Å². The van der Waals surface area contributed by atoms with Crippen LogP contribution in [-0.4, -0.2) is 79.4 Å². The zero-order chi connectivity index (χ0) is 14.5. The fourth-order valence-corrected chi connectivity index (χ4v) is 3.19. The smallest absolute Gasteiger partial charge is 0.227 e. The van der Waals surface area contributed by atoms with Crippen LogP contribution in [0.5, 0.6) is 0 Å². The molecule has 112 valence electrons. The zero-order valence-corrected chi connectivity index (χ0v) is 12.0. The second-order valence-electron chi connectivity index (χ2n) is 4.73. The maximum atomic E-state index is 12.2. The Bertz CT molecular complexity index is 392. The van der Waals surface area contributed by atoms with Crippen LogP contribution in [-0.2, 0) is 14.8 Å². The number of aliphatic hydroxyl groups excluding tert-OH is 2. The van der Waals surface area contributed by atoms with Crippen molar-refractivity contribution in [2.24, 2.45) is 5.92 Å². The molecular weight excluding hydrogens is 272 g/mol. The minimum atomic E-state index is -3.28. The van der Waals surface area contributed by atoms with E-state index in [2.05, 4.69) is 0 Å². The molecule has 1 amide bonds. The van der Waals surface area contributed by atoms with Gasteiger partial charge in [-0.1, -0.05) is 0 Å². The summed E-state index contributed by atoms with van der Waals surface area (Å²) in [5.41, 5.74) is 0. The minimum Gasteiger partial charge on any atom is -0.395 e. The first kappa shape index (κ1) is 16.4. The minimum absolute atomic E-state index is 0.161. The lowest BCUT2D eigenvalue weighted by molar-refractivity contribution is -0.137. The molecule has 0 radical (unpaired) electrons. The molecule has 0 saturated carbocycles. The third kappa shape index (κ3) is 4.72. The van der Waals surface area contributed by atoms with Gasteiger partial charge in [-0.05, 0) is 12.8 Å². The highest BCUT2D eigenvalue weighted by Crippen LogP contribution is 2.20. The number of piperidine rings is 1. The lowest BCUT2D eigenvalue weighted by Gasteiger charge is -2.33. The van der Waals surface area contributed by atoms with Crippen molar-refractivity contribution >= 4 is 15.9 Å². The van der Waals surface area contributed by atoms with Crippen molar-refractivity contribution in [3.8, 4) is 0 Å². The van der Waals surface area contributed by atoms with Gasteiger partial charge in [0.25, 0.3) is 0 Å². The fraction of sp³-hybridized carbons (Fsp3) is 0.909. The van der Waals surface area contributed by atoms with Gasteiger partial charge in [0.15, 0.2) is 0 Å². The van der Waals surface area contributed by atoms with E-state index in [1.807, 2.05) is 0 Å². The topological polar surface area (TPSA) is 98.2 Å². The van der Waals surface area contributed by atoms with Crippen molar-refractivity contribution in [1.29, 1.82) is 0 Å². The Morgan fingerprint density at radius 1 is 1.32 bits per heavy atom. The molecule has 8 heteroatoms. The van der Waals surface area contributed by atoms with Gasteiger partial charge in [-0.15, -0.1) is 0 Å². The predicted molar refractivity (Wildman–Crippen MR) is 69.9 cm³/mol. The normalized spacial score (nSPS) is 21.3. The first-order valence-electron chi connectivity index (χ1n) is 6.35. The van der Waals surface area contributed by atoms with Crippen LogP contribution < -0.4 is 0 Å². The second-order valence-corrected chi connectivity index (χ2v) is 6.72. The third-order valence-corrected chi connectivity index (χ3v) is 4.52. The molecule has 1 saturated heterocycles. The highest BCUT2D eigenvalue weighted by atomic mass is 32.2. The van der Waals surface area contributed by atoms with Gasteiger partial charge in [0.05, 0.1) is 25.4 Å². The fourth-order valence-electron chi connectivity index (χ4n) is 2.28. The third-order valence-electron chi connectivity index (χ3n) is 3.25. The largest absolute Gasteiger partial charge is 0.395 e. The number of nitrogens with zero attached hydrogens (tertiary/aromatic N) is 2. The van der Waals surface area contributed by atoms with Crippen LogP contribution in [0.1, 0.15) is 12.8 Å². The van der Waals surface area contributed by atoms with Crippen molar-refractivity contribution in [2.45, 2.75) is 12.8 Å². The van der Waals surface area contributed by atoms with E-state index in [4.69, 9.17) is 10.2 Å². The van der Waals surface area contributed by atoms with Gasteiger partial charge < -0.3 is 15.1 Å². The van der Waals surface area contributed by atoms with Crippen LogP contribution in [0.4, 0.5) is 0 Å². The Morgan fingerprint density at radius 3 is 2.37 bits per heavy atom. The van der Waals surface area contributed by atoms with Gasteiger partial charge in [0.1, 0.15) is 0 Å². The zero-order valence-electron chi connectivity index (χ0n) is 11.2. The molecule has 1 aliphatic rings. The van der Waals surface area contributed by atoms with Crippen molar-refractivity contribution < 1.29 is 23.4 Å². The lowest BCUT2D eigenvalue weighted by Crippen LogP contribution is -2.47. The molecule has 1 rings (SSSR count). The Labute approximate surface area is 113 Å². The molecular formula is C11H22N2O5S. The summed E-state index contributed by atoms with van der Waals surface area (Å²) in [7, 11) is -3.28. The van der Waals surface area contributed by atoms with Crippen LogP contribution in [0.15, 0.2) is 0 Å². The van der Waals surface area contributed by atoms with E-state index in [1.165, 1.54) is 9.21 Å². The number of carbonyl (C=O) groups is 1. The summed E-state index contributed by atoms with van der Waals surface area (Å²) in [4.78, 5) is 13.6. The number of sulfonamides is 1. The van der Waals surface area contributed by atoms with Gasteiger partial charge in [0.2, 0.25) is 15.9 Å². The summed E-state index contributed by atoms with van der Waals surface area (Å²) in [5.74, 6) is -0.585. The Morgan fingerprint density at radius 2 is 1.89 bits per heavy atom. The van der Waals surface area contributed by atoms with Crippen molar-refractivity contribution in [3.63, 3.8) is 0 Å². The summed E-state index contributed by atoms with van der Waals surface area (Å²) in [6, 6.07) is 0. The summed E-state index contributed by atoms with van der Waals surface area (Å²) >= 11 is 0. The number of aliphatic hydroxyl groups is 2. The van der Waals surface area contributed by atoms with Crippen LogP contribution in [0.25, 0.3) is 0 Å². The maximum Gasteiger partial charge on any atom is 0.227 e. The summed E-state index contributed by atoms with van der Waals surface area (Å²) in [6.07, 6.45) is 2.42. The Kier molecular flexibility index (Phi) is 6.18. The number of amides is 1. The van der Waals surface area contributed by atoms with Crippen molar-refractivity contribution in [1.82, 2.24) is 9.21 Å². The van der Waals surface area contributed by atoms with E-state index in [-0.39, 0.29) is 44.7 Å². The molecule has 0 spiro atoms.